The summed E-state index contributed by atoms with van der Waals surface area (Å²) in [5, 5.41) is 18.0. The molecule has 150 valence electrons. The van der Waals surface area contributed by atoms with Gasteiger partial charge in [-0.2, -0.15) is 5.21 Å². The molecule has 2 aromatic carbocycles. The molecule has 10 heteroatoms. The summed E-state index contributed by atoms with van der Waals surface area (Å²) in [4.78, 5) is 23.5. The maximum atomic E-state index is 11.8. The number of aromatic nitrogens is 4. The Kier molecular flexibility index (Phi) is 7.10. The second-order valence-electron chi connectivity index (χ2n) is 5.96. The highest BCUT2D eigenvalue weighted by Gasteiger charge is 2.07. The zero-order valence-corrected chi connectivity index (χ0v) is 15.5. The number of nitrogens with zero attached hydrogens (tertiary/aromatic N) is 3. The quantitative estimate of drug-likeness (QED) is 0.501. The largest absolute Gasteiger partial charge is 0.484 e. The lowest BCUT2D eigenvalue weighted by Crippen LogP contribution is -2.26. The average molecular weight is 396 g/mol. The fourth-order valence-corrected chi connectivity index (χ4v) is 2.40. The van der Waals surface area contributed by atoms with Crippen molar-refractivity contribution >= 4 is 17.9 Å². The average Bonchev–Trinajstić information content (AvgIpc) is 3.25. The van der Waals surface area contributed by atoms with Crippen LogP contribution in [-0.4, -0.2) is 45.8 Å². The van der Waals surface area contributed by atoms with Crippen LogP contribution in [-0.2, 0) is 22.6 Å². The molecule has 0 saturated carbocycles. The molecule has 3 rings (SSSR count). The molecule has 0 unspecified atom stereocenters. The molecule has 1 aromatic heterocycles. The number of anilines is 1. The third kappa shape index (κ3) is 6.94. The van der Waals surface area contributed by atoms with Crippen LogP contribution in [0.2, 0.25) is 0 Å². The van der Waals surface area contributed by atoms with E-state index in [2.05, 4.69) is 31.3 Å². The molecule has 0 aliphatic carbocycles. The van der Waals surface area contributed by atoms with Gasteiger partial charge < -0.3 is 14.8 Å². The highest BCUT2D eigenvalue weighted by molar-refractivity contribution is 5.90. The summed E-state index contributed by atoms with van der Waals surface area (Å²) in [6.45, 7) is 0.444. The van der Waals surface area contributed by atoms with Gasteiger partial charge in [0.15, 0.2) is 6.61 Å². The Labute approximate surface area is 166 Å². The van der Waals surface area contributed by atoms with Gasteiger partial charge >= 0.3 is 6.09 Å². The molecule has 29 heavy (non-hydrogen) atoms. The van der Waals surface area contributed by atoms with Crippen LogP contribution in [0.5, 0.6) is 5.75 Å². The molecule has 10 nitrogen and oxygen atoms in total. The number of hydrogen-bond acceptors (Lipinski definition) is 7. The molecule has 2 amide bonds. The van der Waals surface area contributed by atoms with E-state index in [1.807, 2.05) is 42.5 Å². The molecule has 0 aliphatic rings. The summed E-state index contributed by atoms with van der Waals surface area (Å²) in [6.07, 6.45) is 0.117. The first-order valence-electron chi connectivity index (χ1n) is 8.88. The number of alkyl carbamates (subject to hydrolysis) is 1. The molecule has 0 radical (unpaired) electrons. The minimum absolute atomic E-state index is 0.0811. The number of carbonyl (C=O) groups is 2. The van der Waals surface area contributed by atoms with E-state index in [-0.39, 0.29) is 19.2 Å². The van der Waals surface area contributed by atoms with Gasteiger partial charge in [0.05, 0.1) is 0 Å². The summed E-state index contributed by atoms with van der Waals surface area (Å²) in [7, 11) is 0. The van der Waals surface area contributed by atoms with E-state index < -0.39 is 12.0 Å². The molecule has 0 aliphatic heterocycles. The molecule has 3 N–H and O–H groups in total. The topological polar surface area (TPSA) is 131 Å². The Hall–Kier alpha value is -3.95. The predicted octanol–water partition coefficient (Wildman–Crippen LogP) is 1.69. The third-order valence-corrected chi connectivity index (χ3v) is 3.76. The summed E-state index contributed by atoms with van der Waals surface area (Å²) in [5.74, 6) is 0.217. The lowest BCUT2D eigenvalue weighted by molar-refractivity contribution is -0.118. The smallest absolute Gasteiger partial charge is 0.407 e. The van der Waals surface area contributed by atoms with Crippen molar-refractivity contribution in [2.45, 2.75) is 13.0 Å². The van der Waals surface area contributed by atoms with E-state index in [0.29, 0.717) is 18.7 Å². The molecule has 0 bridgehead atoms. The number of benzene rings is 2. The van der Waals surface area contributed by atoms with E-state index in [9.17, 15) is 9.59 Å². The molecule has 1 heterocycles. The van der Waals surface area contributed by atoms with Gasteiger partial charge in [0.1, 0.15) is 12.4 Å². The Morgan fingerprint density at radius 3 is 2.66 bits per heavy atom. The van der Waals surface area contributed by atoms with E-state index in [1.165, 1.54) is 0 Å². The van der Waals surface area contributed by atoms with Gasteiger partial charge in [-0.3, -0.25) is 10.1 Å². The maximum absolute atomic E-state index is 11.8. The van der Waals surface area contributed by atoms with Gasteiger partial charge in [0.2, 0.25) is 0 Å². The molecular formula is C19H20N6O4. The number of hydrogen-bond donors (Lipinski definition) is 3. The van der Waals surface area contributed by atoms with Crippen LogP contribution < -0.4 is 15.4 Å². The van der Waals surface area contributed by atoms with Gasteiger partial charge in [0, 0.05) is 6.54 Å². The molecule has 0 spiro atoms. The van der Waals surface area contributed by atoms with E-state index in [4.69, 9.17) is 9.47 Å². The second kappa shape index (κ2) is 10.4. The highest BCUT2D eigenvalue weighted by Crippen LogP contribution is 2.13. The van der Waals surface area contributed by atoms with Crippen LogP contribution >= 0.6 is 0 Å². The normalized spacial score (nSPS) is 10.2. The van der Waals surface area contributed by atoms with Crippen LogP contribution in [0.25, 0.3) is 0 Å². The second-order valence-corrected chi connectivity index (χ2v) is 5.96. The Morgan fingerprint density at radius 2 is 1.86 bits per heavy atom. The number of aromatic amines is 1. The van der Waals surface area contributed by atoms with Crippen LogP contribution in [0.3, 0.4) is 0 Å². The first kappa shape index (κ1) is 19.8. The fraction of sp³-hybridized carbons (Fsp3) is 0.211. The minimum Gasteiger partial charge on any atom is -0.484 e. The van der Waals surface area contributed by atoms with Gasteiger partial charge in [-0.05, 0) is 34.9 Å². The summed E-state index contributed by atoms with van der Waals surface area (Å²) in [6, 6.07) is 16.7. The number of carbonyl (C=O) groups excluding carboxylic acids is 2. The van der Waals surface area contributed by atoms with Crippen molar-refractivity contribution in [2.75, 3.05) is 18.5 Å². The van der Waals surface area contributed by atoms with E-state index in [0.717, 1.165) is 11.1 Å². The summed E-state index contributed by atoms with van der Waals surface area (Å²) >= 11 is 0. The van der Waals surface area contributed by atoms with Crippen molar-refractivity contribution < 1.29 is 19.1 Å². The zero-order valence-electron chi connectivity index (χ0n) is 15.5. The minimum atomic E-state index is -0.473. The van der Waals surface area contributed by atoms with Crippen molar-refractivity contribution in [3.05, 3.63) is 65.7 Å². The monoisotopic (exact) mass is 396 g/mol. The first-order valence-corrected chi connectivity index (χ1v) is 8.88. The Morgan fingerprint density at radius 1 is 1.03 bits per heavy atom. The van der Waals surface area contributed by atoms with Gasteiger partial charge in [-0.1, -0.05) is 47.6 Å². The number of H-pyrrole nitrogens is 1. The number of tetrazole rings is 1. The lowest BCUT2D eigenvalue weighted by atomic mass is 10.1. The summed E-state index contributed by atoms with van der Waals surface area (Å²) in [5.41, 5.74) is 1.88. The van der Waals surface area contributed by atoms with Crippen molar-refractivity contribution in [3.63, 3.8) is 0 Å². The van der Waals surface area contributed by atoms with Gasteiger partial charge in [-0.15, -0.1) is 5.10 Å². The van der Waals surface area contributed by atoms with Crippen LogP contribution in [0.1, 0.15) is 11.1 Å². The van der Waals surface area contributed by atoms with E-state index in [1.54, 1.807) is 12.1 Å². The first-order chi connectivity index (χ1) is 14.2. The maximum Gasteiger partial charge on any atom is 0.407 e. The number of rotatable bonds is 9. The number of ether oxygens (including phenoxy) is 2. The molecule has 0 fully saturated rings. The number of nitrogens with one attached hydrogen (secondary N) is 3. The Balaban J connectivity index is 1.36. The SMILES string of the molecule is O=C(COc1cccc(CCNC(=O)OCc2ccccc2)c1)Nc1nn[nH]n1. The third-order valence-electron chi connectivity index (χ3n) is 3.76. The van der Waals surface area contributed by atoms with Crippen LogP contribution in [0.4, 0.5) is 10.7 Å². The van der Waals surface area contributed by atoms with Gasteiger partial charge in [-0.25, -0.2) is 4.79 Å². The zero-order chi connectivity index (χ0) is 20.3. The fourth-order valence-electron chi connectivity index (χ4n) is 2.40. The van der Waals surface area contributed by atoms with Crippen LogP contribution in [0.15, 0.2) is 54.6 Å². The van der Waals surface area contributed by atoms with Crippen LogP contribution in [0, 0.1) is 0 Å². The predicted molar refractivity (Wildman–Crippen MR) is 103 cm³/mol. The molecule has 0 saturated heterocycles. The summed E-state index contributed by atoms with van der Waals surface area (Å²) < 4.78 is 10.6. The standard InChI is InChI=1S/C19H20N6O4/c26-17(21-18-22-24-25-23-18)13-28-16-8-4-7-14(11-16)9-10-20-19(27)29-12-15-5-2-1-3-6-15/h1-8,11H,9-10,12-13H2,(H,20,27)(H2,21,22,23,24,25,26). The lowest BCUT2D eigenvalue weighted by Gasteiger charge is -2.09. The number of amides is 2. The van der Waals surface area contributed by atoms with Crippen molar-refractivity contribution in [1.29, 1.82) is 0 Å². The van der Waals surface area contributed by atoms with E-state index >= 15 is 0 Å². The van der Waals surface area contributed by atoms with Crippen molar-refractivity contribution in [3.8, 4) is 5.75 Å². The molecule has 3 aromatic rings. The highest BCUT2D eigenvalue weighted by atomic mass is 16.5. The molecular weight excluding hydrogens is 376 g/mol. The van der Waals surface area contributed by atoms with Crippen molar-refractivity contribution in [2.24, 2.45) is 0 Å². The van der Waals surface area contributed by atoms with Gasteiger partial charge in [0.25, 0.3) is 11.9 Å². The molecule has 0 atom stereocenters. The Bertz CT molecular complexity index is 917. The van der Waals surface area contributed by atoms with Crippen molar-refractivity contribution in [1.82, 2.24) is 25.9 Å².